The number of aromatic amines is 1. The number of piperidine rings is 1. The smallest absolute Gasteiger partial charge is 0.276 e. The lowest BCUT2D eigenvalue weighted by atomic mass is 9.97. The Morgan fingerprint density at radius 2 is 1.89 bits per heavy atom. The normalized spacial score (nSPS) is 15.2. The predicted octanol–water partition coefficient (Wildman–Crippen LogP) is 4.79. The molecule has 198 valence electrons. The number of hydrogen-bond donors (Lipinski definition) is 2. The molecule has 1 fully saturated rings. The molecule has 1 amide bonds. The van der Waals surface area contributed by atoms with Crippen molar-refractivity contribution in [1.82, 2.24) is 20.1 Å². The van der Waals surface area contributed by atoms with Gasteiger partial charge in [-0.1, -0.05) is 13.0 Å². The van der Waals surface area contributed by atoms with Crippen LogP contribution in [0.4, 0.5) is 14.5 Å². The highest BCUT2D eigenvalue weighted by atomic mass is 32.2. The van der Waals surface area contributed by atoms with Crippen LogP contribution in [-0.2, 0) is 16.4 Å². The highest BCUT2D eigenvalue weighted by Gasteiger charge is 2.20. The number of H-pyrrole nitrogens is 1. The molecule has 0 saturated carbocycles. The zero-order valence-corrected chi connectivity index (χ0v) is 21.8. The fourth-order valence-corrected chi connectivity index (χ4v) is 5.20. The Labute approximate surface area is 219 Å². The van der Waals surface area contributed by atoms with E-state index in [9.17, 15) is 22.0 Å². The zero-order chi connectivity index (χ0) is 27.0. The van der Waals surface area contributed by atoms with Crippen molar-refractivity contribution in [2.24, 2.45) is 5.92 Å². The summed E-state index contributed by atoms with van der Waals surface area (Å²) in [7, 11) is -3.47. The van der Waals surface area contributed by atoms with E-state index in [1.807, 2.05) is 0 Å². The predicted molar refractivity (Wildman–Crippen MR) is 140 cm³/mol. The number of fused-ring (bicyclic) bond motifs is 1. The first kappa shape index (κ1) is 25.9. The van der Waals surface area contributed by atoms with Gasteiger partial charge in [-0.05, 0) is 79.4 Å². The molecule has 1 saturated heterocycles. The third-order valence-corrected chi connectivity index (χ3v) is 7.83. The summed E-state index contributed by atoms with van der Waals surface area (Å²) < 4.78 is 52.8. The first-order valence-corrected chi connectivity index (χ1v) is 14.1. The van der Waals surface area contributed by atoms with E-state index in [0.717, 1.165) is 32.2 Å². The van der Waals surface area contributed by atoms with Gasteiger partial charge < -0.3 is 5.32 Å². The maximum atomic E-state index is 14.9. The number of benzene rings is 2. The molecule has 1 aliphatic heterocycles. The monoisotopic (exact) mass is 539 g/mol. The van der Waals surface area contributed by atoms with Crippen LogP contribution < -0.4 is 5.32 Å². The van der Waals surface area contributed by atoms with Gasteiger partial charge in [0.1, 0.15) is 0 Å². The van der Waals surface area contributed by atoms with Crippen molar-refractivity contribution in [3.8, 4) is 11.1 Å². The third-order valence-electron chi connectivity index (χ3n) is 6.83. The van der Waals surface area contributed by atoms with Gasteiger partial charge in [0.15, 0.2) is 32.2 Å². The molecule has 2 N–H and O–H groups in total. The van der Waals surface area contributed by atoms with Crippen LogP contribution >= 0.6 is 0 Å². The lowest BCUT2D eigenvalue weighted by molar-refractivity contribution is 0.102. The largest absolute Gasteiger partial charge is 0.319 e. The highest BCUT2D eigenvalue weighted by Crippen LogP contribution is 2.31. The summed E-state index contributed by atoms with van der Waals surface area (Å²) in [6.07, 6.45) is 4.44. The van der Waals surface area contributed by atoms with Crippen LogP contribution in [0.5, 0.6) is 0 Å². The highest BCUT2D eigenvalue weighted by molar-refractivity contribution is 7.90. The Morgan fingerprint density at radius 1 is 1.13 bits per heavy atom. The standard InChI is InChI=1S/C27H27F2N5O3S/c1-16-7-9-34(10-8-16)15-17-11-20(25(29)22(28)12-17)18-3-5-23-21(13-18)26(33-32-23)27(35)31-19-4-6-24(30-14-19)38(2,36)37/h3-6,11-14,16H,7-10,15H2,1-2H3,(H,31,35)(H,32,33). The summed E-state index contributed by atoms with van der Waals surface area (Å²) in [4.78, 5) is 19.1. The molecule has 0 unspecified atom stereocenters. The lowest BCUT2D eigenvalue weighted by Crippen LogP contribution is -2.32. The van der Waals surface area contributed by atoms with Crippen molar-refractivity contribution in [2.45, 2.75) is 31.3 Å². The molecular weight excluding hydrogens is 512 g/mol. The summed E-state index contributed by atoms with van der Waals surface area (Å²) in [5.74, 6) is -1.77. The van der Waals surface area contributed by atoms with Crippen molar-refractivity contribution >= 4 is 32.3 Å². The molecule has 2 aromatic heterocycles. The van der Waals surface area contributed by atoms with Crippen LogP contribution in [0, 0.1) is 17.6 Å². The average Bonchev–Trinajstić information content (AvgIpc) is 3.31. The van der Waals surface area contributed by atoms with Crippen molar-refractivity contribution in [3.05, 3.63) is 71.6 Å². The van der Waals surface area contributed by atoms with E-state index < -0.39 is 27.4 Å². The van der Waals surface area contributed by atoms with Crippen LogP contribution in [0.2, 0.25) is 0 Å². The summed E-state index contributed by atoms with van der Waals surface area (Å²) in [5, 5.41) is 9.82. The van der Waals surface area contributed by atoms with Gasteiger partial charge in [0.2, 0.25) is 0 Å². The molecule has 0 radical (unpaired) electrons. The fraction of sp³-hybridized carbons (Fsp3) is 0.296. The third kappa shape index (κ3) is 5.44. The number of amides is 1. The van der Waals surface area contributed by atoms with E-state index in [1.165, 1.54) is 24.4 Å². The molecule has 5 rings (SSSR count). The number of pyridine rings is 1. The van der Waals surface area contributed by atoms with Gasteiger partial charge >= 0.3 is 0 Å². The van der Waals surface area contributed by atoms with Crippen LogP contribution in [0.15, 0.2) is 53.7 Å². The number of halogens is 2. The van der Waals surface area contributed by atoms with Crippen molar-refractivity contribution < 1.29 is 22.0 Å². The molecule has 4 aromatic rings. The molecule has 0 bridgehead atoms. The number of nitrogens with one attached hydrogen (secondary N) is 2. The summed E-state index contributed by atoms with van der Waals surface area (Å²) >= 11 is 0. The summed E-state index contributed by atoms with van der Waals surface area (Å²) in [6, 6.07) is 10.5. The Hall–Kier alpha value is -3.70. The maximum Gasteiger partial charge on any atom is 0.276 e. The zero-order valence-electron chi connectivity index (χ0n) is 21.0. The van der Waals surface area contributed by atoms with E-state index in [2.05, 4.69) is 32.3 Å². The van der Waals surface area contributed by atoms with Crippen LogP contribution in [0.1, 0.15) is 35.8 Å². The van der Waals surface area contributed by atoms with Gasteiger partial charge in [-0.25, -0.2) is 22.2 Å². The second kappa shape index (κ2) is 10.2. The maximum absolute atomic E-state index is 14.9. The minimum atomic E-state index is -3.47. The topological polar surface area (TPSA) is 108 Å². The lowest BCUT2D eigenvalue weighted by Gasteiger charge is -2.30. The Kier molecular flexibility index (Phi) is 6.97. The molecule has 1 aliphatic rings. The van der Waals surface area contributed by atoms with Gasteiger partial charge in [-0.2, -0.15) is 5.10 Å². The number of anilines is 1. The van der Waals surface area contributed by atoms with Gasteiger partial charge in [0.05, 0.1) is 17.4 Å². The number of carbonyl (C=O) groups is 1. The number of aromatic nitrogens is 3. The molecule has 11 heteroatoms. The minimum Gasteiger partial charge on any atom is -0.319 e. The van der Waals surface area contributed by atoms with E-state index in [-0.39, 0.29) is 22.0 Å². The van der Waals surface area contributed by atoms with Gasteiger partial charge in [-0.3, -0.25) is 14.8 Å². The number of rotatable bonds is 6. The Bertz CT molecular complexity index is 1610. The van der Waals surface area contributed by atoms with Crippen LogP contribution in [-0.4, -0.2) is 53.8 Å². The van der Waals surface area contributed by atoms with Crippen molar-refractivity contribution in [1.29, 1.82) is 0 Å². The SMILES string of the molecule is CC1CCN(Cc2cc(F)c(F)c(-c3ccc4[nH]nc(C(=O)Nc5ccc(S(C)(=O)=O)nc5)c4c3)c2)CC1. The van der Waals surface area contributed by atoms with Crippen molar-refractivity contribution in [3.63, 3.8) is 0 Å². The Morgan fingerprint density at radius 3 is 2.58 bits per heavy atom. The number of nitrogens with zero attached hydrogens (tertiary/aromatic N) is 3. The quantitative estimate of drug-likeness (QED) is 0.365. The second-order valence-corrected chi connectivity index (χ2v) is 11.8. The number of sulfone groups is 1. The van der Waals surface area contributed by atoms with Gasteiger partial charge in [0, 0.05) is 23.8 Å². The number of carbonyl (C=O) groups excluding carboxylic acids is 1. The molecule has 8 nitrogen and oxygen atoms in total. The van der Waals surface area contributed by atoms with E-state index in [4.69, 9.17) is 0 Å². The summed E-state index contributed by atoms with van der Waals surface area (Å²) in [6.45, 7) is 4.59. The first-order valence-electron chi connectivity index (χ1n) is 12.2. The van der Waals surface area contributed by atoms with Gasteiger partial charge in [0.25, 0.3) is 5.91 Å². The van der Waals surface area contributed by atoms with Gasteiger partial charge in [-0.15, -0.1) is 0 Å². The first-order chi connectivity index (χ1) is 18.1. The molecule has 0 spiro atoms. The minimum absolute atomic E-state index is 0.0495. The van der Waals surface area contributed by atoms with E-state index >= 15 is 0 Å². The molecule has 38 heavy (non-hydrogen) atoms. The molecule has 2 aromatic carbocycles. The molecule has 0 aliphatic carbocycles. The average molecular weight is 540 g/mol. The number of likely N-dealkylation sites (tertiary alicyclic amines) is 1. The fourth-order valence-electron chi connectivity index (χ4n) is 4.64. The van der Waals surface area contributed by atoms with Crippen molar-refractivity contribution in [2.75, 3.05) is 24.7 Å². The molecule has 3 heterocycles. The second-order valence-electron chi connectivity index (χ2n) is 9.84. The summed E-state index contributed by atoms with van der Waals surface area (Å²) in [5.41, 5.74) is 2.09. The Balaban J connectivity index is 1.42. The van der Waals surface area contributed by atoms with E-state index in [1.54, 1.807) is 24.3 Å². The van der Waals surface area contributed by atoms with E-state index in [0.29, 0.717) is 34.5 Å². The van der Waals surface area contributed by atoms with Crippen LogP contribution in [0.3, 0.4) is 0 Å². The van der Waals surface area contributed by atoms with Crippen LogP contribution in [0.25, 0.3) is 22.0 Å². The molecule has 0 atom stereocenters. The number of hydrogen-bond acceptors (Lipinski definition) is 6. The molecular formula is C27H27F2N5O3S.